The molecule has 3 aromatic heterocycles. The van der Waals surface area contributed by atoms with Crippen LogP contribution >= 0.6 is 0 Å². The molecule has 0 radical (unpaired) electrons. The van der Waals surface area contributed by atoms with Crippen LogP contribution in [0.2, 0.25) is 0 Å². The summed E-state index contributed by atoms with van der Waals surface area (Å²) in [6, 6.07) is 143. The summed E-state index contributed by atoms with van der Waals surface area (Å²) >= 11 is 0. The Morgan fingerprint density at radius 1 is 0.204 bits per heavy atom. The standard InChI is InChI=1S/C101H81N5Si2/c1-100(2,3)79-53-63-95-91(67-79)92-68-80(101(4,5)6)54-64-96(92)106(95)99-103-97(102-98(104-99)105-93-43-27-25-41-89(93)90-42-26-28-44-94(90)105)78-65-87(107(81-37-21-11-22-38-81,83-55-45-74(46-56-83)70-29-13-7-14-30-70)84-57-47-75(48-58-84)71-31-15-8-16-32-71)69-88(66-78)108(82-39-23-12-24-40-82,85-59-49-76(50-60-85)72-33-17-9-18-34-72)86-61-51-77(52-62-86)73-35-19-10-20-36-73/h7-69H,1-6H3. The maximum atomic E-state index is 6.08. The van der Waals surface area contributed by atoms with E-state index in [-0.39, 0.29) is 10.8 Å². The van der Waals surface area contributed by atoms with E-state index in [9.17, 15) is 0 Å². The van der Waals surface area contributed by atoms with E-state index in [1.165, 1.54) is 74.9 Å². The van der Waals surface area contributed by atoms with Crippen molar-refractivity contribution in [2.24, 2.45) is 0 Å². The molecule has 0 amide bonds. The second kappa shape index (κ2) is 27.4. The number of nitrogens with zero attached hydrogens (tertiary/aromatic N) is 5. The Bertz CT molecular complexity index is 5780. The first-order valence-corrected chi connectivity index (χ1v) is 41.5. The van der Waals surface area contributed by atoms with Gasteiger partial charge < -0.3 is 0 Å². The molecule has 0 bridgehead atoms. The van der Waals surface area contributed by atoms with Crippen molar-refractivity contribution in [3.63, 3.8) is 0 Å². The molecule has 0 spiro atoms. The zero-order valence-electron chi connectivity index (χ0n) is 61.6. The number of hydrogen-bond acceptors (Lipinski definition) is 3. The van der Waals surface area contributed by atoms with Gasteiger partial charge in [0.15, 0.2) is 22.0 Å². The lowest BCUT2D eigenvalue weighted by Gasteiger charge is -2.38. The van der Waals surface area contributed by atoms with Crippen LogP contribution in [-0.2, 0) is 10.8 Å². The van der Waals surface area contributed by atoms with Crippen molar-refractivity contribution in [3.8, 4) is 67.8 Å². The molecule has 7 heteroatoms. The SMILES string of the molecule is CC(C)(C)c1ccc2c(c1)c1cc(C(C)(C)C)ccc1n2-c1nc(-c2cc([Si](c3ccccc3)(c3ccc(-c4ccccc4)cc3)c3ccc(-c4ccccc4)cc3)cc([Si](c3ccccc3)(c3ccc(-c4ccccc4)cc3)c3ccc(-c4ccccc4)cc3)c2)nc(-n2c3ccccc3c3ccccc32)n1. The van der Waals surface area contributed by atoms with Crippen LogP contribution in [0.1, 0.15) is 52.7 Å². The summed E-state index contributed by atoms with van der Waals surface area (Å²) < 4.78 is 4.58. The molecule has 0 aliphatic heterocycles. The molecule has 15 aromatic carbocycles. The fraction of sp³-hybridized carbons (Fsp3) is 0.0792. The lowest BCUT2D eigenvalue weighted by Crippen LogP contribution is -2.78. The summed E-state index contributed by atoms with van der Waals surface area (Å²) in [6.45, 7) is 13.8. The third kappa shape index (κ3) is 11.8. The van der Waals surface area contributed by atoms with E-state index in [0.717, 1.165) is 71.4 Å². The zero-order valence-corrected chi connectivity index (χ0v) is 63.6. The lowest BCUT2D eigenvalue weighted by atomic mass is 9.85. The molecule has 518 valence electrons. The van der Waals surface area contributed by atoms with Gasteiger partial charge in [-0.1, -0.05) is 387 Å². The second-order valence-electron chi connectivity index (χ2n) is 30.7. The topological polar surface area (TPSA) is 48.5 Å². The number of para-hydroxylation sites is 2. The number of hydrogen-bond donors (Lipinski definition) is 0. The van der Waals surface area contributed by atoms with Crippen molar-refractivity contribution in [1.82, 2.24) is 24.1 Å². The van der Waals surface area contributed by atoms with E-state index in [2.05, 4.69) is 433 Å². The van der Waals surface area contributed by atoms with Crippen LogP contribution in [0.15, 0.2) is 382 Å². The van der Waals surface area contributed by atoms with Gasteiger partial charge in [-0.05, 0) is 144 Å². The Balaban J connectivity index is 1.02. The molecule has 0 N–H and O–H groups in total. The predicted molar refractivity (Wildman–Crippen MR) is 460 cm³/mol. The van der Waals surface area contributed by atoms with E-state index in [4.69, 9.17) is 15.0 Å². The number of aromatic nitrogens is 5. The molecule has 0 aliphatic carbocycles. The van der Waals surface area contributed by atoms with Gasteiger partial charge in [0.05, 0.1) is 22.1 Å². The van der Waals surface area contributed by atoms with Gasteiger partial charge in [-0.25, -0.2) is 0 Å². The highest BCUT2D eigenvalue weighted by atomic mass is 28.3. The molecule has 18 rings (SSSR count). The summed E-state index contributed by atoms with van der Waals surface area (Å²) in [5.41, 5.74) is 16.5. The van der Waals surface area contributed by atoms with Crippen LogP contribution in [0.3, 0.4) is 0 Å². The quantitative estimate of drug-likeness (QED) is 0.0759. The van der Waals surface area contributed by atoms with Gasteiger partial charge in [0, 0.05) is 27.1 Å². The van der Waals surface area contributed by atoms with Gasteiger partial charge >= 0.3 is 0 Å². The number of benzene rings is 15. The minimum absolute atomic E-state index is 0.116. The third-order valence-corrected chi connectivity index (χ3v) is 31.8. The Hall–Kier alpha value is -12.7. The van der Waals surface area contributed by atoms with Crippen molar-refractivity contribution >= 4 is 101 Å². The molecule has 108 heavy (non-hydrogen) atoms. The Kier molecular flexibility index (Phi) is 17.0. The van der Waals surface area contributed by atoms with Gasteiger partial charge in [-0.2, -0.15) is 15.0 Å². The molecule has 5 nitrogen and oxygen atoms in total. The minimum Gasteiger partial charge on any atom is -0.278 e. The highest BCUT2D eigenvalue weighted by molar-refractivity contribution is 7.22. The van der Waals surface area contributed by atoms with Crippen molar-refractivity contribution < 1.29 is 0 Å². The maximum absolute atomic E-state index is 6.08. The first-order valence-electron chi connectivity index (χ1n) is 37.5. The monoisotopic (exact) mass is 1420 g/mol. The Morgan fingerprint density at radius 3 is 0.769 bits per heavy atom. The van der Waals surface area contributed by atoms with Gasteiger partial charge in [-0.15, -0.1) is 0 Å². The zero-order chi connectivity index (χ0) is 73.1. The Labute approximate surface area is 634 Å². The van der Waals surface area contributed by atoms with Crippen molar-refractivity contribution in [2.75, 3.05) is 0 Å². The number of rotatable bonds is 15. The molecule has 0 unspecified atom stereocenters. The largest absolute Gasteiger partial charge is 0.278 e. The van der Waals surface area contributed by atoms with Gasteiger partial charge in [0.25, 0.3) is 0 Å². The van der Waals surface area contributed by atoms with Crippen LogP contribution in [0.5, 0.6) is 0 Å². The highest BCUT2D eigenvalue weighted by Gasteiger charge is 2.47. The predicted octanol–water partition coefficient (Wildman–Crippen LogP) is 19.8. The maximum Gasteiger partial charge on any atom is 0.240 e. The van der Waals surface area contributed by atoms with E-state index in [1.807, 2.05) is 0 Å². The molecular weight excluding hydrogens is 1340 g/mol. The number of fused-ring (bicyclic) bond motifs is 6. The van der Waals surface area contributed by atoms with Crippen LogP contribution in [0.25, 0.3) is 111 Å². The summed E-state index contributed by atoms with van der Waals surface area (Å²) in [7, 11) is -7.22. The Morgan fingerprint density at radius 2 is 0.463 bits per heavy atom. The van der Waals surface area contributed by atoms with Gasteiger partial charge in [0.2, 0.25) is 11.9 Å². The average Bonchev–Trinajstić information content (AvgIpc) is 1.11. The molecule has 0 aliphatic rings. The van der Waals surface area contributed by atoms with Crippen molar-refractivity contribution in [3.05, 3.63) is 393 Å². The van der Waals surface area contributed by atoms with Crippen LogP contribution in [-0.4, -0.2) is 40.2 Å². The molecule has 0 saturated carbocycles. The van der Waals surface area contributed by atoms with Crippen molar-refractivity contribution in [2.45, 2.75) is 52.4 Å². The first kappa shape index (κ1) is 67.2. The fourth-order valence-corrected chi connectivity index (χ4v) is 26.4. The summed E-state index contributed by atoms with van der Waals surface area (Å²) in [4.78, 5) is 18.0. The summed E-state index contributed by atoms with van der Waals surface area (Å²) in [5.74, 6) is 1.60. The van der Waals surface area contributed by atoms with Crippen LogP contribution < -0.4 is 41.5 Å². The normalized spacial score (nSPS) is 12.2. The van der Waals surface area contributed by atoms with Crippen molar-refractivity contribution in [1.29, 1.82) is 0 Å². The summed E-state index contributed by atoms with van der Waals surface area (Å²) in [5, 5.41) is 14.4. The highest BCUT2D eigenvalue weighted by Crippen LogP contribution is 2.39. The van der Waals surface area contributed by atoms with E-state index < -0.39 is 16.1 Å². The fourth-order valence-electron chi connectivity index (χ4n) is 16.7. The van der Waals surface area contributed by atoms with Gasteiger partial charge in [-0.3, -0.25) is 9.13 Å². The van der Waals surface area contributed by atoms with E-state index >= 15 is 0 Å². The van der Waals surface area contributed by atoms with Crippen LogP contribution in [0.4, 0.5) is 0 Å². The molecular formula is C101H81N5Si2. The lowest BCUT2D eigenvalue weighted by molar-refractivity contribution is 0.590. The van der Waals surface area contributed by atoms with E-state index in [1.54, 1.807) is 0 Å². The summed E-state index contributed by atoms with van der Waals surface area (Å²) in [6.07, 6.45) is 0. The molecule has 3 heterocycles. The second-order valence-corrected chi connectivity index (χ2v) is 38.4. The van der Waals surface area contributed by atoms with Gasteiger partial charge in [0.1, 0.15) is 0 Å². The van der Waals surface area contributed by atoms with Crippen LogP contribution in [0, 0.1) is 0 Å². The average molecular weight is 1420 g/mol. The third-order valence-electron chi connectivity index (χ3n) is 22.3. The molecule has 0 atom stereocenters. The smallest absolute Gasteiger partial charge is 0.240 e. The first-order chi connectivity index (χ1) is 52.8. The molecule has 0 saturated heterocycles. The molecule has 18 aromatic rings. The van der Waals surface area contributed by atoms with E-state index in [0.29, 0.717) is 17.7 Å². The minimum atomic E-state index is -3.61. The molecule has 0 fully saturated rings.